The van der Waals surface area contributed by atoms with Crippen LogP contribution >= 0.6 is 11.6 Å². The van der Waals surface area contributed by atoms with Crippen LogP contribution in [0.3, 0.4) is 0 Å². The average molecular weight is 180 g/mol. The third-order valence-corrected chi connectivity index (χ3v) is 1.09. The second kappa shape index (κ2) is 4.96. The van der Waals surface area contributed by atoms with Crippen molar-refractivity contribution in [3.05, 3.63) is 0 Å². The largest absolute Gasteiger partial charge is 0.441 e. The topological polar surface area (TPSA) is 55.4 Å². The van der Waals surface area contributed by atoms with Gasteiger partial charge in [-0.05, 0) is 0 Å². The molecule has 0 saturated heterocycles. The van der Waals surface area contributed by atoms with Crippen molar-refractivity contribution in [1.29, 1.82) is 0 Å². The van der Waals surface area contributed by atoms with Crippen LogP contribution < -0.4 is 5.32 Å². The predicted octanol–water partition coefficient (Wildman–Crippen LogP) is 0.251. The van der Waals surface area contributed by atoms with Crippen LogP contribution in [0.4, 0.5) is 0 Å². The number of amides is 1. The number of hydrogen-bond donors (Lipinski definition) is 1. The van der Waals surface area contributed by atoms with Crippen molar-refractivity contribution in [2.45, 2.75) is 20.1 Å². The van der Waals surface area contributed by atoms with Crippen molar-refractivity contribution in [2.75, 3.05) is 5.88 Å². The lowest BCUT2D eigenvalue weighted by atomic mass is 10.6. The molecule has 0 aliphatic carbocycles. The Bertz CT molecular complexity index is 144. The zero-order valence-electron chi connectivity index (χ0n) is 6.39. The number of ether oxygens (including phenoxy) is 1. The van der Waals surface area contributed by atoms with Gasteiger partial charge in [0, 0.05) is 13.8 Å². The first-order valence-electron chi connectivity index (χ1n) is 3.06. The zero-order valence-corrected chi connectivity index (χ0v) is 7.14. The van der Waals surface area contributed by atoms with Crippen LogP contribution in [0, 0.1) is 0 Å². The Hall–Kier alpha value is -0.770. The summed E-state index contributed by atoms with van der Waals surface area (Å²) in [6, 6.07) is 0. The number of carbonyl (C=O) groups excluding carboxylic acids is 2. The fraction of sp³-hybridized carbons (Fsp3) is 0.667. The number of nitrogens with one attached hydrogen (secondary N) is 1. The number of carbonyl (C=O) groups is 2. The fourth-order valence-electron chi connectivity index (χ4n) is 0.527. The Labute approximate surface area is 69.9 Å². The highest BCUT2D eigenvalue weighted by atomic mass is 35.5. The molecule has 0 aliphatic rings. The van der Waals surface area contributed by atoms with Gasteiger partial charge in [-0.2, -0.15) is 0 Å². The molecular formula is C6H10ClNO3. The van der Waals surface area contributed by atoms with E-state index in [-0.39, 0.29) is 11.8 Å². The van der Waals surface area contributed by atoms with Crippen molar-refractivity contribution in [2.24, 2.45) is 0 Å². The van der Waals surface area contributed by atoms with E-state index in [4.69, 9.17) is 11.6 Å². The predicted molar refractivity (Wildman–Crippen MR) is 40.1 cm³/mol. The van der Waals surface area contributed by atoms with Gasteiger partial charge in [-0.1, -0.05) is 0 Å². The van der Waals surface area contributed by atoms with Crippen molar-refractivity contribution >= 4 is 23.5 Å². The average Bonchev–Trinajstić information content (AvgIpc) is 1.84. The first-order chi connectivity index (χ1) is 5.06. The molecule has 0 heterocycles. The minimum absolute atomic E-state index is 0.0547. The summed E-state index contributed by atoms with van der Waals surface area (Å²) in [5, 5.41) is 2.35. The maximum atomic E-state index is 10.4. The van der Waals surface area contributed by atoms with Gasteiger partial charge in [-0.3, -0.25) is 9.59 Å². The molecule has 1 unspecified atom stereocenters. The summed E-state index contributed by atoms with van der Waals surface area (Å²) >= 11 is 5.36. The molecule has 64 valence electrons. The van der Waals surface area contributed by atoms with Gasteiger partial charge in [0.25, 0.3) is 0 Å². The third kappa shape index (κ3) is 5.66. The monoisotopic (exact) mass is 179 g/mol. The Morgan fingerprint density at radius 1 is 1.55 bits per heavy atom. The van der Waals surface area contributed by atoms with Gasteiger partial charge in [0.15, 0.2) is 6.23 Å². The molecule has 4 nitrogen and oxygen atoms in total. The third-order valence-electron chi connectivity index (χ3n) is 0.813. The van der Waals surface area contributed by atoms with E-state index >= 15 is 0 Å². The van der Waals surface area contributed by atoms with E-state index in [9.17, 15) is 9.59 Å². The van der Waals surface area contributed by atoms with Gasteiger partial charge in [0.05, 0.1) is 5.88 Å². The quantitative estimate of drug-likeness (QED) is 0.384. The van der Waals surface area contributed by atoms with E-state index in [1.807, 2.05) is 0 Å². The maximum Gasteiger partial charge on any atom is 0.304 e. The first-order valence-corrected chi connectivity index (χ1v) is 3.60. The van der Waals surface area contributed by atoms with Crippen molar-refractivity contribution in [3.8, 4) is 0 Å². The van der Waals surface area contributed by atoms with E-state index in [1.165, 1.54) is 13.8 Å². The molecule has 0 fully saturated rings. The molecular weight excluding hydrogens is 170 g/mol. The van der Waals surface area contributed by atoms with Crippen LogP contribution in [0.25, 0.3) is 0 Å². The minimum atomic E-state index is -0.716. The Balaban J connectivity index is 3.76. The van der Waals surface area contributed by atoms with Crippen molar-refractivity contribution < 1.29 is 14.3 Å². The van der Waals surface area contributed by atoms with Crippen LogP contribution in [0.15, 0.2) is 0 Å². The molecule has 0 spiro atoms. The van der Waals surface area contributed by atoms with Crippen molar-refractivity contribution in [1.82, 2.24) is 5.32 Å². The molecule has 0 aliphatic heterocycles. The van der Waals surface area contributed by atoms with Gasteiger partial charge in [-0.25, -0.2) is 0 Å². The number of hydrogen-bond acceptors (Lipinski definition) is 3. The second-order valence-electron chi connectivity index (χ2n) is 1.95. The molecule has 0 saturated carbocycles. The number of esters is 1. The summed E-state index contributed by atoms with van der Waals surface area (Å²) in [5.74, 6) is -0.694. The van der Waals surface area contributed by atoms with E-state index in [2.05, 4.69) is 10.1 Å². The lowest BCUT2D eigenvalue weighted by molar-refractivity contribution is -0.148. The molecule has 0 aromatic rings. The Morgan fingerprint density at radius 3 is 2.36 bits per heavy atom. The summed E-state index contributed by atoms with van der Waals surface area (Å²) < 4.78 is 4.61. The summed E-state index contributed by atoms with van der Waals surface area (Å²) in [4.78, 5) is 20.8. The lowest BCUT2D eigenvalue weighted by Crippen LogP contribution is -2.37. The molecule has 0 aromatic carbocycles. The highest BCUT2D eigenvalue weighted by molar-refractivity contribution is 6.18. The van der Waals surface area contributed by atoms with Crippen LogP contribution in [-0.2, 0) is 14.3 Å². The van der Waals surface area contributed by atoms with Gasteiger partial charge in [0.1, 0.15) is 0 Å². The first kappa shape index (κ1) is 10.2. The van der Waals surface area contributed by atoms with Crippen LogP contribution in [0.1, 0.15) is 13.8 Å². The van der Waals surface area contributed by atoms with Crippen molar-refractivity contribution in [3.63, 3.8) is 0 Å². The highest BCUT2D eigenvalue weighted by Gasteiger charge is 2.10. The highest BCUT2D eigenvalue weighted by Crippen LogP contribution is 1.91. The Morgan fingerprint density at radius 2 is 2.09 bits per heavy atom. The molecule has 11 heavy (non-hydrogen) atoms. The standard InChI is InChI=1S/C6H10ClNO3/c1-4(9)8-6(3-7)11-5(2)10/h6H,3H2,1-2H3,(H,8,9). The van der Waals surface area contributed by atoms with E-state index in [0.29, 0.717) is 0 Å². The minimum Gasteiger partial charge on any atom is -0.441 e. The van der Waals surface area contributed by atoms with E-state index in [1.54, 1.807) is 0 Å². The summed E-state index contributed by atoms with van der Waals surface area (Å²) in [6.07, 6.45) is -0.716. The van der Waals surface area contributed by atoms with E-state index in [0.717, 1.165) is 0 Å². The number of rotatable bonds is 3. The number of halogens is 1. The fourth-order valence-corrected chi connectivity index (χ4v) is 0.667. The van der Waals surface area contributed by atoms with Gasteiger partial charge in [-0.15, -0.1) is 11.6 Å². The van der Waals surface area contributed by atoms with Crippen LogP contribution in [-0.4, -0.2) is 24.0 Å². The normalized spacial score (nSPS) is 11.9. The summed E-state index contributed by atoms with van der Waals surface area (Å²) in [6.45, 7) is 2.57. The number of alkyl halides is 1. The van der Waals surface area contributed by atoms with Gasteiger partial charge in [0.2, 0.25) is 5.91 Å². The SMILES string of the molecule is CC(=O)NC(CCl)OC(C)=O. The van der Waals surface area contributed by atoms with Crippen LogP contribution in [0.5, 0.6) is 0 Å². The summed E-state index contributed by atoms with van der Waals surface area (Å²) in [5.41, 5.74) is 0. The summed E-state index contributed by atoms with van der Waals surface area (Å²) in [7, 11) is 0. The molecule has 1 N–H and O–H groups in total. The van der Waals surface area contributed by atoms with E-state index < -0.39 is 12.2 Å². The molecule has 5 heteroatoms. The lowest BCUT2D eigenvalue weighted by Gasteiger charge is -2.13. The molecule has 0 radical (unpaired) electrons. The second-order valence-corrected chi connectivity index (χ2v) is 2.26. The van der Waals surface area contributed by atoms with Crippen LogP contribution in [0.2, 0.25) is 0 Å². The van der Waals surface area contributed by atoms with Gasteiger partial charge >= 0.3 is 5.97 Å². The maximum absolute atomic E-state index is 10.4. The molecule has 1 atom stereocenters. The van der Waals surface area contributed by atoms with Gasteiger partial charge < -0.3 is 10.1 Å². The molecule has 0 bridgehead atoms. The molecule has 1 amide bonds. The zero-order chi connectivity index (χ0) is 8.85. The Kier molecular flexibility index (Phi) is 4.61. The molecule has 0 aromatic heterocycles. The molecule has 0 rings (SSSR count). The smallest absolute Gasteiger partial charge is 0.304 e.